The topological polar surface area (TPSA) is 43.4 Å². The Balaban J connectivity index is 2.89. The van der Waals surface area contributed by atoms with Gasteiger partial charge in [0.15, 0.2) is 9.84 Å². The summed E-state index contributed by atoms with van der Waals surface area (Å²) in [6.45, 7) is -5.83. The second-order valence-electron chi connectivity index (χ2n) is 3.74. The van der Waals surface area contributed by atoms with Gasteiger partial charge < -0.3 is 17.7 Å². The van der Waals surface area contributed by atoms with Gasteiger partial charge in [-0.05, 0) is 18.2 Å². The van der Waals surface area contributed by atoms with Crippen LogP contribution in [0.2, 0.25) is 0 Å². The van der Waals surface area contributed by atoms with Gasteiger partial charge in [-0.25, -0.2) is 12.8 Å². The highest BCUT2D eigenvalue weighted by Gasteiger charge is 2.29. The van der Waals surface area contributed by atoms with Gasteiger partial charge in [0.25, 0.3) is 0 Å². The van der Waals surface area contributed by atoms with Crippen LogP contribution in [0.15, 0.2) is 18.2 Å². The minimum atomic E-state index is -5.42. The fraction of sp³-hybridized carbons (Fsp3) is 0.333. The Morgan fingerprint density at radius 3 is 2.39 bits per heavy atom. The van der Waals surface area contributed by atoms with Crippen LogP contribution in [0.25, 0.3) is 0 Å². The summed E-state index contributed by atoms with van der Waals surface area (Å²) < 4.78 is 76.9. The lowest BCUT2D eigenvalue weighted by Gasteiger charge is -2.19. The molecule has 18 heavy (non-hydrogen) atoms. The first-order valence-corrected chi connectivity index (χ1v) is 6.95. The van der Waals surface area contributed by atoms with Crippen LogP contribution in [-0.4, -0.2) is 34.0 Å². The molecule has 0 amide bonds. The maximum Gasteiger partial charge on any atom is 0.513 e. The molecule has 0 spiro atoms. The van der Waals surface area contributed by atoms with E-state index in [4.69, 9.17) is 4.74 Å². The fourth-order valence-electron chi connectivity index (χ4n) is 1.21. The molecule has 3 nitrogen and oxygen atoms in total. The van der Waals surface area contributed by atoms with Crippen molar-refractivity contribution in [3.8, 4) is 5.75 Å². The van der Waals surface area contributed by atoms with Crippen LogP contribution in [-0.2, 0) is 9.84 Å². The highest BCUT2D eigenvalue weighted by molar-refractivity contribution is 7.90. The molecular weight excluding hydrogens is 275 g/mol. The zero-order valence-electron chi connectivity index (χ0n) is 9.37. The predicted octanol–water partition coefficient (Wildman–Crippen LogP) is 1.30. The van der Waals surface area contributed by atoms with E-state index in [-0.39, 0.29) is 0 Å². The van der Waals surface area contributed by atoms with E-state index in [1.807, 2.05) is 0 Å². The molecule has 0 fully saturated rings. The average molecular weight is 285 g/mol. The van der Waals surface area contributed by atoms with Gasteiger partial charge in [0.1, 0.15) is 12.4 Å². The van der Waals surface area contributed by atoms with Gasteiger partial charge in [-0.1, -0.05) is 5.46 Å². The van der Waals surface area contributed by atoms with Crippen molar-refractivity contribution in [2.24, 2.45) is 0 Å². The van der Waals surface area contributed by atoms with Crippen LogP contribution in [0.5, 0.6) is 5.75 Å². The van der Waals surface area contributed by atoms with Crippen LogP contribution in [0, 0.1) is 5.82 Å². The van der Waals surface area contributed by atoms with Crippen LogP contribution in [0.3, 0.4) is 0 Å². The van der Waals surface area contributed by atoms with Crippen molar-refractivity contribution < 1.29 is 30.5 Å². The van der Waals surface area contributed by atoms with E-state index < -0.39 is 46.2 Å². The summed E-state index contributed by atoms with van der Waals surface area (Å²) in [4.78, 5) is 0. The normalized spacial score (nSPS) is 12.5. The van der Waals surface area contributed by atoms with Crippen molar-refractivity contribution in [1.82, 2.24) is 0 Å². The van der Waals surface area contributed by atoms with Gasteiger partial charge in [-0.3, -0.25) is 0 Å². The molecule has 0 heterocycles. The van der Waals surface area contributed by atoms with E-state index in [0.29, 0.717) is 6.07 Å². The summed E-state index contributed by atoms with van der Waals surface area (Å²) >= 11 is 0. The number of halogens is 4. The minimum absolute atomic E-state index is 0.329. The SMILES string of the molecule is CS(=O)(=O)CCOc1ccc(F)cc1[B-](F)(F)F. The molecule has 0 N–H and O–H groups in total. The zero-order valence-corrected chi connectivity index (χ0v) is 10.2. The maximum absolute atomic E-state index is 12.7. The van der Waals surface area contributed by atoms with E-state index in [9.17, 15) is 25.8 Å². The first-order chi connectivity index (χ1) is 8.09. The van der Waals surface area contributed by atoms with Crippen molar-refractivity contribution in [3.05, 3.63) is 24.0 Å². The number of benzene rings is 1. The molecule has 0 aromatic heterocycles. The second-order valence-corrected chi connectivity index (χ2v) is 6.00. The first-order valence-electron chi connectivity index (χ1n) is 4.89. The molecule has 9 heteroatoms. The van der Waals surface area contributed by atoms with E-state index >= 15 is 0 Å². The molecule has 0 aliphatic carbocycles. The monoisotopic (exact) mass is 285 g/mol. The number of rotatable bonds is 5. The van der Waals surface area contributed by atoms with Gasteiger partial charge in [0.2, 0.25) is 0 Å². The Hall–Kier alpha value is -1.25. The third kappa shape index (κ3) is 4.56. The van der Waals surface area contributed by atoms with Gasteiger partial charge in [0, 0.05) is 6.26 Å². The maximum atomic E-state index is 12.7. The standard InChI is InChI=1S/C9H10BF4O3S/c1-18(15,16)5-4-17-9-3-2-7(11)6-8(9)10(12,13)14/h2-3,6H,4-5H2,1H3/q-1. The molecule has 1 aromatic carbocycles. The van der Waals surface area contributed by atoms with E-state index in [1.54, 1.807) is 0 Å². The Bertz CT molecular complexity index is 527. The van der Waals surface area contributed by atoms with Crippen LogP contribution in [0.1, 0.15) is 0 Å². The quantitative estimate of drug-likeness (QED) is 0.605. The third-order valence-electron chi connectivity index (χ3n) is 2.04. The number of sulfone groups is 1. The third-order valence-corrected chi connectivity index (χ3v) is 2.94. The Labute approximate surface area is 102 Å². The lowest BCUT2D eigenvalue weighted by molar-refractivity contribution is 0.341. The van der Waals surface area contributed by atoms with Gasteiger partial charge in [-0.15, -0.1) is 0 Å². The molecule has 0 aliphatic heterocycles. The zero-order chi connectivity index (χ0) is 14.0. The summed E-state index contributed by atoms with van der Waals surface area (Å²) in [7, 11) is -3.33. The first kappa shape index (κ1) is 14.8. The van der Waals surface area contributed by atoms with Crippen molar-refractivity contribution in [3.63, 3.8) is 0 Å². The molecule has 102 valence electrons. The van der Waals surface area contributed by atoms with Crippen LogP contribution >= 0.6 is 0 Å². The van der Waals surface area contributed by atoms with Gasteiger partial charge >= 0.3 is 6.98 Å². The molecular formula is C9H10BF4O3S-. The number of hydrogen-bond acceptors (Lipinski definition) is 3. The van der Waals surface area contributed by atoms with Gasteiger partial charge in [0.05, 0.1) is 11.5 Å². The molecule has 1 aromatic rings. The Morgan fingerprint density at radius 1 is 1.28 bits per heavy atom. The van der Waals surface area contributed by atoms with Crippen molar-refractivity contribution >= 4 is 22.3 Å². The molecule has 0 atom stereocenters. The summed E-state index contributed by atoms with van der Waals surface area (Å²) in [5, 5.41) is 0. The number of ether oxygens (including phenoxy) is 1. The van der Waals surface area contributed by atoms with E-state index in [2.05, 4.69) is 0 Å². The molecule has 0 bridgehead atoms. The van der Waals surface area contributed by atoms with Crippen LogP contribution < -0.4 is 10.2 Å². The molecule has 0 radical (unpaired) electrons. The predicted molar refractivity (Wildman–Crippen MR) is 60.3 cm³/mol. The van der Waals surface area contributed by atoms with Crippen molar-refractivity contribution in [2.75, 3.05) is 18.6 Å². The second kappa shape index (κ2) is 5.17. The highest BCUT2D eigenvalue weighted by atomic mass is 32.2. The smallest absolute Gasteiger partial charge is 0.496 e. The summed E-state index contributed by atoms with van der Waals surface area (Å²) in [6, 6.07) is 1.99. The minimum Gasteiger partial charge on any atom is -0.496 e. The van der Waals surface area contributed by atoms with Crippen molar-refractivity contribution in [2.45, 2.75) is 0 Å². The lowest BCUT2D eigenvalue weighted by atomic mass is 9.79. The number of hydrogen-bond donors (Lipinski definition) is 0. The molecule has 0 saturated heterocycles. The van der Waals surface area contributed by atoms with Crippen LogP contribution in [0.4, 0.5) is 17.3 Å². The van der Waals surface area contributed by atoms with Crippen molar-refractivity contribution in [1.29, 1.82) is 0 Å². The van der Waals surface area contributed by atoms with E-state index in [0.717, 1.165) is 18.4 Å². The van der Waals surface area contributed by atoms with E-state index in [1.165, 1.54) is 0 Å². The largest absolute Gasteiger partial charge is 0.513 e. The summed E-state index contributed by atoms with van der Waals surface area (Å²) in [5.41, 5.74) is -1.21. The fourth-order valence-corrected chi connectivity index (χ4v) is 1.60. The Kier molecular flexibility index (Phi) is 4.26. The van der Waals surface area contributed by atoms with Gasteiger partial charge in [-0.2, -0.15) is 0 Å². The molecule has 0 saturated carbocycles. The molecule has 1 rings (SSSR count). The average Bonchev–Trinajstić information content (AvgIpc) is 2.17. The lowest BCUT2D eigenvalue weighted by Crippen LogP contribution is -2.36. The highest BCUT2D eigenvalue weighted by Crippen LogP contribution is 2.18. The summed E-state index contributed by atoms with van der Waals surface area (Å²) in [6.07, 6.45) is 0.940. The molecule has 0 aliphatic rings. The molecule has 0 unspecified atom stereocenters. The summed E-state index contributed by atoms with van der Waals surface area (Å²) in [5.74, 6) is -2.00. The Morgan fingerprint density at radius 2 is 1.89 bits per heavy atom.